The SMILES string of the molecule is CC(C(=O)Nc1ccc(F)cc1)C12CC(NC(=O)c3cnn4ccccc34)(C1)C2. The summed E-state index contributed by atoms with van der Waals surface area (Å²) in [4.78, 5) is 25.4. The Kier molecular flexibility index (Phi) is 3.78. The van der Waals surface area contributed by atoms with Crippen LogP contribution in [0.25, 0.3) is 5.52 Å². The Labute approximate surface area is 167 Å². The van der Waals surface area contributed by atoms with E-state index in [0.29, 0.717) is 11.3 Å². The zero-order valence-electron chi connectivity index (χ0n) is 16.0. The number of fused-ring (bicyclic) bond motifs is 1. The van der Waals surface area contributed by atoms with Gasteiger partial charge in [0.05, 0.1) is 17.3 Å². The van der Waals surface area contributed by atoms with Crippen LogP contribution in [0.1, 0.15) is 36.5 Å². The predicted octanol–water partition coefficient (Wildman–Crippen LogP) is 3.40. The summed E-state index contributed by atoms with van der Waals surface area (Å²) in [6, 6.07) is 11.4. The third-order valence-corrected chi connectivity index (χ3v) is 6.54. The second kappa shape index (κ2) is 6.14. The summed E-state index contributed by atoms with van der Waals surface area (Å²) >= 11 is 0. The van der Waals surface area contributed by atoms with Gasteiger partial charge in [-0.15, -0.1) is 0 Å². The number of carbonyl (C=O) groups excluding carboxylic acids is 2. The second-order valence-electron chi connectivity index (χ2n) is 8.43. The van der Waals surface area contributed by atoms with Crippen LogP contribution < -0.4 is 10.6 Å². The molecule has 7 heteroatoms. The molecule has 3 aliphatic carbocycles. The van der Waals surface area contributed by atoms with E-state index in [1.807, 2.05) is 31.3 Å². The maximum Gasteiger partial charge on any atom is 0.255 e. The molecule has 3 fully saturated rings. The quantitative estimate of drug-likeness (QED) is 0.699. The van der Waals surface area contributed by atoms with E-state index >= 15 is 0 Å². The Balaban J connectivity index is 1.21. The van der Waals surface area contributed by atoms with Crippen molar-refractivity contribution in [1.29, 1.82) is 0 Å². The number of carbonyl (C=O) groups is 2. The van der Waals surface area contributed by atoms with Crippen molar-refractivity contribution in [2.24, 2.45) is 11.3 Å². The van der Waals surface area contributed by atoms with E-state index in [1.54, 1.807) is 22.8 Å². The number of nitrogens with zero attached hydrogens (tertiary/aromatic N) is 2. The minimum Gasteiger partial charge on any atom is -0.346 e. The van der Waals surface area contributed by atoms with Crippen LogP contribution in [0.4, 0.5) is 10.1 Å². The van der Waals surface area contributed by atoms with E-state index < -0.39 is 0 Å². The molecule has 6 rings (SSSR count). The third-order valence-electron chi connectivity index (χ3n) is 6.54. The number of pyridine rings is 1. The molecule has 6 nitrogen and oxygen atoms in total. The Bertz CT molecular complexity index is 1100. The minimum atomic E-state index is -0.334. The Hall–Kier alpha value is -3.22. The topological polar surface area (TPSA) is 75.5 Å². The highest BCUT2D eigenvalue weighted by Gasteiger charge is 2.71. The van der Waals surface area contributed by atoms with Gasteiger partial charge in [0.2, 0.25) is 5.91 Å². The van der Waals surface area contributed by atoms with E-state index in [2.05, 4.69) is 15.7 Å². The minimum absolute atomic E-state index is 0.0705. The van der Waals surface area contributed by atoms with Crippen molar-refractivity contribution >= 4 is 23.0 Å². The van der Waals surface area contributed by atoms with Crippen molar-refractivity contribution < 1.29 is 14.0 Å². The molecule has 2 bridgehead atoms. The molecule has 2 aromatic heterocycles. The largest absolute Gasteiger partial charge is 0.346 e. The molecule has 0 saturated heterocycles. The van der Waals surface area contributed by atoms with Crippen LogP contribution in [0, 0.1) is 17.2 Å². The molecule has 3 aliphatic rings. The van der Waals surface area contributed by atoms with Crippen LogP contribution in [0.5, 0.6) is 0 Å². The summed E-state index contributed by atoms with van der Waals surface area (Å²) in [5, 5.41) is 10.2. The first kappa shape index (κ1) is 17.8. The summed E-state index contributed by atoms with van der Waals surface area (Å²) < 4.78 is 14.7. The lowest BCUT2D eigenvalue weighted by Crippen LogP contribution is -2.77. The highest BCUT2D eigenvalue weighted by atomic mass is 19.1. The molecular formula is C22H21FN4O2. The zero-order valence-corrected chi connectivity index (χ0v) is 16.0. The Morgan fingerprint density at radius 3 is 2.59 bits per heavy atom. The maximum atomic E-state index is 13.0. The van der Waals surface area contributed by atoms with E-state index in [4.69, 9.17) is 0 Å². The number of hydrogen-bond acceptors (Lipinski definition) is 3. The number of aromatic nitrogens is 2. The molecule has 0 radical (unpaired) electrons. The molecule has 1 aromatic carbocycles. The fourth-order valence-electron chi connectivity index (χ4n) is 4.94. The number of rotatable bonds is 5. The van der Waals surface area contributed by atoms with Gasteiger partial charge in [-0.1, -0.05) is 13.0 Å². The van der Waals surface area contributed by atoms with Crippen molar-refractivity contribution in [2.45, 2.75) is 31.7 Å². The lowest BCUT2D eigenvalue weighted by molar-refractivity contribution is -0.184. The zero-order chi connectivity index (χ0) is 20.2. The fourth-order valence-corrected chi connectivity index (χ4v) is 4.94. The number of hydrogen-bond donors (Lipinski definition) is 2. The number of halogens is 1. The van der Waals surface area contributed by atoms with E-state index in [1.165, 1.54) is 12.1 Å². The van der Waals surface area contributed by atoms with Crippen LogP contribution in [-0.2, 0) is 4.79 Å². The number of anilines is 1. The number of benzene rings is 1. The lowest BCUT2D eigenvalue weighted by Gasteiger charge is -2.72. The first-order chi connectivity index (χ1) is 13.9. The molecule has 3 aromatic rings. The van der Waals surface area contributed by atoms with E-state index in [0.717, 1.165) is 24.8 Å². The van der Waals surface area contributed by atoms with Crippen molar-refractivity contribution in [3.8, 4) is 0 Å². The van der Waals surface area contributed by atoms with Crippen molar-refractivity contribution in [3.63, 3.8) is 0 Å². The molecule has 2 amide bonds. The monoisotopic (exact) mass is 392 g/mol. The van der Waals surface area contributed by atoms with Crippen LogP contribution in [0.2, 0.25) is 0 Å². The second-order valence-corrected chi connectivity index (χ2v) is 8.43. The van der Waals surface area contributed by atoms with Crippen LogP contribution in [-0.4, -0.2) is 27.0 Å². The first-order valence-corrected chi connectivity index (χ1v) is 9.71. The van der Waals surface area contributed by atoms with Gasteiger partial charge in [-0.3, -0.25) is 9.59 Å². The van der Waals surface area contributed by atoms with Crippen molar-refractivity contribution in [3.05, 3.63) is 66.2 Å². The Morgan fingerprint density at radius 1 is 1.14 bits per heavy atom. The fraction of sp³-hybridized carbons (Fsp3) is 0.318. The molecule has 2 heterocycles. The number of nitrogens with one attached hydrogen (secondary N) is 2. The van der Waals surface area contributed by atoms with Crippen LogP contribution in [0.15, 0.2) is 54.9 Å². The highest BCUT2D eigenvalue weighted by molar-refractivity contribution is 6.01. The lowest BCUT2D eigenvalue weighted by atomic mass is 9.36. The van der Waals surface area contributed by atoms with Gasteiger partial charge in [-0.05, 0) is 61.1 Å². The summed E-state index contributed by atoms with van der Waals surface area (Å²) in [6.45, 7) is 1.93. The summed E-state index contributed by atoms with van der Waals surface area (Å²) in [6.07, 6.45) is 5.78. The van der Waals surface area contributed by atoms with Gasteiger partial charge >= 0.3 is 0 Å². The Morgan fingerprint density at radius 2 is 1.86 bits per heavy atom. The van der Waals surface area contributed by atoms with Crippen LogP contribution in [0.3, 0.4) is 0 Å². The van der Waals surface area contributed by atoms with Crippen molar-refractivity contribution in [2.75, 3.05) is 5.32 Å². The maximum absolute atomic E-state index is 13.0. The average Bonchev–Trinajstić information content (AvgIpc) is 3.09. The molecule has 0 aliphatic heterocycles. The molecule has 148 valence electrons. The predicted molar refractivity (Wildman–Crippen MR) is 106 cm³/mol. The molecule has 3 saturated carbocycles. The molecule has 0 spiro atoms. The standard InChI is InChI=1S/C22H21FN4O2/c1-14(19(28)25-16-7-5-15(23)6-8-16)21-11-22(12-21,13-21)26-20(29)17-10-24-27-9-3-2-4-18(17)27/h2-10,14H,11-13H2,1H3,(H,25,28)(H,26,29). The molecule has 29 heavy (non-hydrogen) atoms. The molecular weight excluding hydrogens is 371 g/mol. The van der Waals surface area contributed by atoms with E-state index in [9.17, 15) is 14.0 Å². The smallest absolute Gasteiger partial charge is 0.255 e. The molecule has 1 unspecified atom stereocenters. The summed E-state index contributed by atoms with van der Waals surface area (Å²) in [5.74, 6) is -0.704. The van der Waals surface area contributed by atoms with Gasteiger partial charge in [0, 0.05) is 23.3 Å². The van der Waals surface area contributed by atoms with Gasteiger partial charge in [-0.2, -0.15) is 5.10 Å². The van der Waals surface area contributed by atoms with Gasteiger partial charge in [0.25, 0.3) is 5.91 Å². The average molecular weight is 392 g/mol. The van der Waals surface area contributed by atoms with Gasteiger partial charge in [0.1, 0.15) is 5.82 Å². The summed E-state index contributed by atoms with van der Waals surface area (Å²) in [7, 11) is 0. The third kappa shape index (κ3) is 2.80. The van der Waals surface area contributed by atoms with Gasteiger partial charge in [0.15, 0.2) is 0 Å². The van der Waals surface area contributed by atoms with Gasteiger partial charge < -0.3 is 10.6 Å². The van der Waals surface area contributed by atoms with Gasteiger partial charge in [-0.25, -0.2) is 8.91 Å². The first-order valence-electron chi connectivity index (χ1n) is 9.71. The number of amides is 2. The molecule has 1 atom stereocenters. The molecule has 2 N–H and O–H groups in total. The van der Waals surface area contributed by atoms with Crippen molar-refractivity contribution in [1.82, 2.24) is 14.9 Å². The van der Waals surface area contributed by atoms with Crippen LogP contribution >= 0.6 is 0 Å². The normalized spacial score (nSPS) is 25.6. The van der Waals surface area contributed by atoms with E-state index in [-0.39, 0.29) is 34.5 Å². The summed E-state index contributed by atoms with van der Waals surface area (Å²) in [5.41, 5.74) is 1.64. The highest BCUT2D eigenvalue weighted by Crippen LogP contribution is 2.70.